The number of hydrogen-bond acceptors (Lipinski definition) is 6. The average molecular weight is 286 g/mol. The summed E-state index contributed by atoms with van der Waals surface area (Å²) in [6.07, 6.45) is 5.36. The van der Waals surface area contributed by atoms with E-state index in [0.717, 1.165) is 22.6 Å². The summed E-state index contributed by atoms with van der Waals surface area (Å²) in [6, 6.07) is 0. The maximum atomic E-state index is 5.45. The minimum Gasteiger partial charge on any atom is -0.363 e. The first-order chi connectivity index (χ1) is 10.1. The molecule has 3 aromatic rings. The predicted molar refractivity (Wildman–Crippen MR) is 80.8 cm³/mol. The number of anilines is 2. The van der Waals surface area contributed by atoms with Crippen molar-refractivity contribution < 1.29 is 0 Å². The highest BCUT2D eigenvalue weighted by molar-refractivity contribution is 5.65. The molecule has 0 aromatic carbocycles. The van der Waals surface area contributed by atoms with Crippen LogP contribution in [0.1, 0.15) is 17.0 Å². The van der Waals surface area contributed by atoms with Gasteiger partial charge in [-0.15, -0.1) is 0 Å². The maximum Gasteiger partial charge on any atom is 0.180 e. The zero-order valence-corrected chi connectivity index (χ0v) is 12.3. The topological polar surface area (TPSA) is 98.1 Å². The first kappa shape index (κ1) is 13.4. The third-order valence-electron chi connectivity index (χ3n) is 3.61. The summed E-state index contributed by atoms with van der Waals surface area (Å²) in [7, 11) is 1.94. The van der Waals surface area contributed by atoms with Crippen LogP contribution in [-0.4, -0.2) is 24.1 Å². The van der Waals surface area contributed by atoms with Gasteiger partial charge in [-0.05, 0) is 13.8 Å². The summed E-state index contributed by atoms with van der Waals surface area (Å²) in [5.74, 6) is 6.70. The molecule has 0 saturated heterocycles. The number of nitrogens with zero attached hydrogens (tertiary/aromatic N) is 5. The molecule has 110 valence electrons. The summed E-state index contributed by atoms with van der Waals surface area (Å²) in [5.41, 5.74) is 6.62. The van der Waals surface area contributed by atoms with Crippen LogP contribution in [0.4, 0.5) is 11.6 Å². The van der Waals surface area contributed by atoms with Gasteiger partial charge in [0.1, 0.15) is 0 Å². The van der Waals surface area contributed by atoms with Crippen molar-refractivity contribution in [1.29, 1.82) is 0 Å². The first-order valence-electron chi connectivity index (χ1n) is 6.63. The van der Waals surface area contributed by atoms with Crippen molar-refractivity contribution >= 4 is 17.3 Å². The van der Waals surface area contributed by atoms with E-state index in [1.54, 1.807) is 12.4 Å². The second-order valence-electron chi connectivity index (χ2n) is 4.90. The molecule has 3 heterocycles. The van der Waals surface area contributed by atoms with Gasteiger partial charge in [0.15, 0.2) is 17.3 Å². The summed E-state index contributed by atoms with van der Waals surface area (Å²) < 4.78 is 3.75. The lowest BCUT2D eigenvalue weighted by atomic mass is 10.2. The minimum atomic E-state index is 0.572. The highest BCUT2D eigenvalue weighted by atomic mass is 15.3. The smallest absolute Gasteiger partial charge is 0.180 e. The fraction of sp³-hybridized carbons (Fsp3) is 0.308. The number of rotatable bonds is 4. The fourth-order valence-electron chi connectivity index (χ4n) is 2.37. The number of hydrogen-bond donors (Lipinski definition) is 3. The van der Waals surface area contributed by atoms with Crippen molar-refractivity contribution in [1.82, 2.24) is 24.1 Å². The molecule has 3 rings (SSSR count). The number of nitrogens with two attached hydrogens (primary N) is 1. The zero-order valence-electron chi connectivity index (χ0n) is 12.3. The standard InChI is InChI=1S/C13H18N8/c1-8-10(9(2)20(3)19-8)6-16-12-13-15-4-5-21(13)7-11(17-12)18-14/h4-5,7,18H,6,14H2,1-3H3,(H,16,17). The molecule has 0 fully saturated rings. The van der Waals surface area contributed by atoms with Crippen molar-refractivity contribution in [2.45, 2.75) is 20.4 Å². The summed E-state index contributed by atoms with van der Waals surface area (Å²) >= 11 is 0. The monoisotopic (exact) mass is 286 g/mol. The molecule has 8 heteroatoms. The van der Waals surface area contributed by atoms with E-state index in [1.807, 2.05) is 36.2 Å². The van der Waals surface area contributed by atoms with Crippen LogP contribution < -0.4 is 16.6 Å². The maximum absolute atomic E-state index is 5.45. The van der Waals surface area contributed by atoms with E-state index in [1.165, 1.54) is 0 Å². The number of imidazole rings is 1. The summed E-state index contributed by atoms with van der Waals surface area (Å²) in [4.78, 5) is 8.72. The van der Waals surface area contributed by atoms with E-state index >= 15 is 0 Å². The van der Waals surface area contributed by atoms with E-state index in [2.05, 4.69) is 25.8 Å². The van der Waals surface area contributed by atoms with Crippen molar-refractivity contribution in [3.8, 4) is 0 Å². The zero-order chi connectivity index (χ0) is 15.0. The number of fused-ring (bicyclic) bond motifs is 1. The van der Waals surface area contributed by atoms with E-state index in [0.29, 0.717) is 18.2 Å². The van der Waals surface area contributed by atoms with Crippen LogP contribution in [0.5, 0.6) is 0 Å². The van der Waals surface area contributed by atoms with Gasteiger partial charge in [0.2, 0.25) is 0 Å². The molecule has 0 radical (unpaired) electrons. The van der Waals surface area contributed by atoms with E-state index in [9.17, 15) is 0 Å². The molecule has 4 N–H and O–H groups in total. The lowest BCUT2D eigenvalue weighted by molar-refractivity contribution is 0.730. The van der Waals surface area contributed by atoms with Crippen molar-refractivity contribution in [3.63, 3.8) is 0 Å². The van der Waals surface area contributed by atoms with E-state index in [-0.39, 0.29) is 0 Å². The Hall–Kier alpha value is -2.61. The molecule has 0 spiro atoms. The average Bonchev–Trinajstić information content (AvgIpc) is 3.03. The highest BCUT2D eigenvalue weighted by Crippen LogP contribution is 2.18. The molecule has 3 aromatic heterocycles. The molecule has 0 aliphatic heterocycles. The Morgan fingerprint density at radius 3 is 2.81 bits per heavy atom. The molecule has 0 bridgehead atoms. The second-order valence-corrected chi connectivity index (χ2v) is 4.90. The lowest BCUT2D eigenvalue weighted by Crippen LogP contribution is -2.12. The Labute approximate surface area is 122 Å². The number of hydrazine groups is 1. The van der Waals surface area contributed by atoms with Crippen LogP contribution in [0, 0.1) is 13.8 Å². The Bertz CT molecular complexity index is 785. The van der Waals surface area contributed by atoms with Gasteiger partial charge in [-0.2, -0.15) is 5.10 Å². The molecule has 0 atom stereocenters. The molecule has 0 unspecified atom stereocenters. The molecule has 0 amide bonds. The number of nitrogens with one attached hydrogen (secondary N) is 2. The van der Waals surface area contributed by atoms with Gasteiger partial charge >= 0.3 is 0 Å². The molecular weight excluding hydrogens is 268 g/mol. The number of aryl methyl sites for hydroxylation is 2. The summed E-state index contributed by atoms with van der Waals surface area (Å²) in [6.45, 7) is 4.68. The Kier molecular flexibility index (Phi) is 3.22. The lowest BCUT2D eigenvalue weighted by Gasteiger charge is -2.09. The number of aromatic nitrogens is 5. The van der Waals surface area contributed by atoms with Crippen LogP contribution in [-0.2, 0) is 13.6 Å². The molecule has 0 saturated carbocycles. The molecule has 0 aliphatic rings. The van der Waals surface area contributed by atoms with Crippen molar-refractivity contribution in [2.24, 2.45) is 12.9 Å². The highest BCUT2D eigenvalue weighted by Gasteiger charge is 2.11. The van der Waals surface area contributed by atoms with E-state index in [4.69, 9.17) is 5.84 Å². The second kappa shape index (κ2) is 5.06. The van der Waals surface area contributed by atoms with Crippen molar-refractivity contribution in [2.75, 3.05) is 10.7 Å². The third-order valence-corrected chi connectivity index (χ3v) is 3.61. The first-order valence-corrected chi connectivity index (χ1v) is 6.63. The quantitative estimate of drug-likeness (QED) is 0.488. The van der Waals surface area contributed by atoms with Gasteiger partial charge in [0.25, 0.3) is 0 Å². The van der Waals surface area contributed by atoms with Crippen LogP contribution in [0.15, 0.2) is 18.6 Å². The Balaban J connectivity index is 1.92. The van der Waals surface area contributed by atoms with Gasteiger partial charge in [-0.3, -0.25) is 4.68 Å². The minimum absolute atomic E-state index is 0.572. The SMILES string of the molecule is Cc1nn(C)c(C)c1CNc1nc(NN)cn2ccnc12. The van der Waals surface area contributed by atoms with E-state index < -0.39 is 0 Å². The number of nitrogen functional groups attached to an aromatic ring is 1. The summed E-state index contributed by atoms with van der Waals surface area (Å²) in [5, 5.41) is 7.73. The van der Waals surface area contributed by atoms with Crippen LogP contribution >= 0.6 is 0 Å². The van der Waals surface area contributed by atoms with Crippen LogP contribution in [0.25, 0.3) is 5.65 Å². The van der Waals surface area contributed by atoms with Gasteiger partial charge in [0, 0.05) is 37.2 Å². The molecule has 8 nitrogen and oxygen atoms in total. The normalized spacial score (nSPS) is 11.0. The molecular formula is C13H18N8. The predicted octanol–water partition coefficient (Wildman–Crippen LogP) is 0.977. The van der Waals surface area contributed by atoms with Crippen molar-refractivity contribution in [3.05, 3.63) is 35.5 Å². The molecule has 21 heavy (non-hydrogen) atoms. The van der Waals surface area contributed by atoms with Gasteiger partial charge < -0.3 is 15.1 Å². The van der Waals surface area contributed by atoms with Gasteiger partial charge in [-0.25, -0.2) is 15.8 Å². The van der Waals surface area contributed by atoms with Gasteiger partial charge in [0.05, 0.1) is 11.9 Å². The fourth-order valence-corrected chi connectivity index (χ4v) is 2.37. The van der Waals surface area contributed by atoms with Crippen LogP contribution in [0.2, 0.25) is 0 Å². The molecule has 0 aliphatic carbocycles. The van der Waals surface area contributed by atoms with Gasteiger partial charge in [-0.1, -0.05) is 0 Å². The van der Waals surface area contributed by atoms with Crippen LogP contribution in [0.3, 0.4) is 0 Å². The Morgan fingerprint density at radius 1 is 1.33 bits per heavy atom. The largest absolute Gasteiger partial charge is 0.363 e. The third kappa shape index (κ3) is 2.29. The Morgan fingerprint density at radius 2 is 2.14 bits per heavy atom.